The zero-order valence-electron chi connectivity index (χ0n) is 22.9. The molecule has 41 heavy (non-hydrogen) atoms. The summed E-state index contributed by atoms with van der Waals surface area (Å²) in [6.45, 7) is 0.367. The summed E-state index contributed by atoms with van der Waals surface area (Å²) in [7, 11) is 3.12. The van der Waals surface area contributed by atoms with Gasteiger partial charge in [-0.15, -0.1) is 0 Å². The molecule has 0 radical (unpaired) electrons. The summed E-state index contributed by atoms with van der Waals surface area (Å²) in [5, 5.41) is 10.3. The molecule has 8 nitrogen and oxygen atoms in total. The first-order valence-corrected chi connectivity index (χ1v) is 13.2. The third-order valence-corrected chi connectivity index (χ3v) is 7.09. The van der Waals surface area contributed by atoms with Crippen LogP contribution in [0.1, 0.15) is 28.4 Å². The van der Waals surface area contributed by atoms with Crippen LogP contribution in [0, 0.1) is 0 Å². The highest BCUT2D eigenvalue weighted by Crippen LogP contribution is 2.40. The Morgan fingerprint density at radius 3 is 2.15 bits per heavy atom. The van der Waals surface area contributed by atoms with Crippen molar-refractivity contribution < 1.29 is 33.6 Å². The van der Waals surface area contributed by atoms with Crippen LogP contribution in [0.2, 0.25) is 0 Å². The number of carbonyl (C=O) groups excluding carboxylic acids is 1. The molecule has 1 N–H and O–H groups in total. The van der Waals surface area contributed by atoms with Gasteiger partial charge in [-0.3, -0.25) is 4.79 Å². The van der Waals surface area contributed by atoms with Gasteiger partial charge in [0.15, 0.2) is 11.5 Å². The quantitative estimate of drug-likeness (QED) is 0.279. The fourth-order valence-electron chi connectivity index (χ4n) is 4.95. The van der Waals surface area contributed by atoms with Crippen molar-refractivity contribution in [1.82, 2.24) is 4.90 Å². The van der Waals surface area contributed by atoms with Gasteiger partial charge in [-0.2, -0.15) is 0 Å². The van der Waals surface area contributed by atoms with Crippen LogP contribution in [0.15, 0.2) is 97.1 Å². The van der Waals surface area contributed by atoms with Crippen molar-refractivity contribution in [2.75, 3.05) is 14.2 Å². The molecule has 210 valence electrons. The molecular formula is C33H31NO7. The van der Waals surface area contributed by atoms with Crippen molar-refractivity contribution in [1.29, 1.82) is 0 Å². The highest BCUT2D eigenvalue weighted by Gasteiger charge is 2.40. The monoisotopic (exact) mass is 553 g/mol. The van der Waals surface area contributed by atoms with E-state index in [-0.39, 0.29) is 13.0 Å². The van der Waals surface area contributed by atoms with Crippen LogP contribution in [0.25, 0.3) is 0 Å². The summed E-state index contributed by atoms with van der Waals surface area (Å²) >= 11 is 0. The normalized spacial score (nSPS) is 14.9. The molecule has 8 heteroatoms. The van der Waals surface area contributed by atoms with Crippen molar-refractivity contribution >= 4 is 11.9 Å². The Hall–Kier alpha value is -4.98. The average molecular weight is 554 g/mol. The standard InChI is InChI=1S/C33H31NO7/c1-38-25-14-16-26(17-15-25)41-30(23-11-7-4-8-12-23)32(35)34-20-24-13-18-29(39-2)31(27(24)19-28(34)33(36)37)40-21-22-9-5-3-6-10-22/h3-18,28,30H,19-21H2,1-2H3,(H,36,37). The maximum atomic E-state index is 14.1. The maximum Gasteiger partial charge on any atom is 0.326 e. The number of benzene rings is 4. The number of amides is 1. The summed E-state index contributed by atoms with van der Waals surface area (Å²) in [5.74, 6) is 0.539. The van der Waals surface area contributed by atoms with E-state index in [1.54, 1.807) is 56.7 Å². The minimum atomic E-state index is -1.13. The summed E-state index contributed by atoms with van der Waals surface area (Å²) in [5.41, 5.74) is 3.08. The third-order valence-electron chi connectivity index (χ3n) is 7.09. The van der Waals surface area contributed by atoms with Crippen molar-refractivity contribution in [3.8, 4) is 23.0 Å². The minimum Gasteiger partial charge on any atom is -0.497 e. The summed E-state index contributed by atoms with van der Waals surface area (Å²) in [6, 6.07) is 28.2. The second kappa shape index (κ2) is 12.5. The zero-order valence-corrected chi connectivity index (χ0v) is 22.9. The smallest absolute Gasteiger partial charge is 0.326 e. The van der Waals surface area contributed by atoms with Crippen molar-refractivity contribution in [2.24, 2.45) is 0 Å². The molecule has 0 saturated carbocycles. The summed E-state index contributed by atoms with van der Waals surface area (Å²) < 4.78 is 23.2. The number of nitrogens with zero attached hydrogens (tertiary/aromatic N) is 1. The second-order valence-corrected chi connectivity index (χ2v) is 9.62. The molecule has 1 amide bonds. The zero-order chi connectivity index (χ0) is 28.8. The van der Waals surface area contributed by atoms with E-state index in [1.807, 2.05) is 54.6 Å². The molecule has 2 atom stereocenters. The van der Waals surface area contributed by atoms with E-state index < -0.39 is 24.0 Å². The molecule has 4 aromatic carbocycles. The van der Waals surface area contributed by atoms with Gasteiger partial charge in [0.1, 0.15) is 24.1 Å². The minimum absolute atomic E-state index is 0.0573. The maximum absolute atomic E-state index is 14.1. The molecule has 0 aromatic heterocycles. The fraction of sp³-hybridized carbons (Fsp3) is 0.212. The number of hydrogen-bond acceptors (Lipinski definition) is 6. The van der Waals surface area contributed by atoms with Crippen molar-refractivity contribution in [3.05, 3.63) is 119 Å². The van der Waals surface area contributed by atoms with Gasteiger partial charge in [0.25, 0.3) is 5.91 Å². The molecule has 0 spiro atoms. The number of aliphatic carboxylic acids is 1. The lowest BCUT2D eigenvalue weighted by atomic mass is 9.91. The number of hydrogen-bond donors (Lipinski definition) is 1. The SMILES string of the molecule is COc1ccc(OC(C(=O)N2Cc3ccc(OC)c(OCc4ccccc4)c3CC2C(=O)O)c2ccccc2)cc1. The Morgan fingerprint density at radius 1 is 0.854 bits per heavy atom. The van der Waals surface area contributed by atoms with E-state index in [4.69, 9.17) is 18.9 Å². The highest BCUT2D eigenvalue weighted by atomic mass is 16.5. The topological polar surface area (TPSA) is 94.5 Å². The van der Waals surface area contributed by atoms with E-state index >= 15 is 0 Å². The molecule has 0 fully saturated rings. The largest absolute Gasteiger partial charge is 0.497 e. The van der Waals surface area contributed by atoms with Crippen LogP contribution in [0.3, 0.4) is 0 Å². The predicted molar refractivity (Wildman–Crippen MR) is 152 cm³/mol. The van der Waals surface area contributed by atoms with E-state index in [9.17, 15) is 14.7 Å². The Balaban J connectivity index is 1.47. The van der Waals surface area contributed by atoms with Crippen LogP contribution in [0.4, 0.5) is 0 Å². The number of carbonyl (C=O) groups is 2. The average Bonchev–Trinajstić information content (AvgIpc) is 3.02. The first-order chi connectivity index (χ1) is 20.0. The fourth-order valence-corrected chi connectivity index (χ4v) is 4.95. The summed E-state index contributed by atoms with van der Waals surface area (Å²) in [6.07, 6.45) is -0.998. The molecule has 5 rings (SSSR count). The van der Waals surface area contributed by atoms with E-state index in [1.165, 1.54) is 4.90 Å². The highest BCUT2D eigenvalue weighted by molar-refractivity contribution is 5.88. The van der Waals surface area contributed by atoms with Crippen LogP contribution >= 0.6 is 0 Å². The number of fused-ring (bicyclic) bond motifs is 1. The first kappa shape index (κ1) is 27.6. The lowest BCUT2D eigenvalue weighted by molar-refractivity contribution is -0.155. The summed E-state index contributed by atoms with van der Waals surface area (Å²) in [4.78, 5) is 28.1. The van der Waals surface area contributed by atoms with Crippen molar-refractivity contribution in [2.45, 2.75) is 31.7 Å². The van der Waals surface area contributed by atoms with Crippen LogP contribution in [0.5, 0.6) is 23.0 Å². The first-order valence-electron chi connectivity index (χ1n) is 13.2. The third kappa shape index (κ3) is 6.11. The van der Waals surface area contributed by atoms with Gasteiger partial charge in [0, 0.05) is 24.1 Å². The molecule has 1 aliphatic rings. The Bertz CT molecular complexity index is 1490. The van der Waals surface area contributed by atoms with Gasteiger partial charge >= 0.3 is 5.97 Å². The van der Waals surface area contributed by atoms with Crippen LogP contribution < -0.4 is 18.9 Å². The number of ether oxygens (including phenoxy) is 4. The van der Waals surface area contributed by atoms with Gasteiger partial charge in [-0.1, -0.05) is 66.7 Å². The molecule has 4 aromatic rings. The van der Waals surface area contributed by atoms with E-state index in [0.717, 1.165) is 11.1 Å². The Morgan fingerprint density at radius 2 is 1.51 bits per heavy atom. The Kier molecular flexibility index (Phi) is 8.39. The van der Waals surface area contributed by atoms with Gasteiger partial charge < -0.3 is 29.0 Å². The number of carboxylic acids is 1. The van der Waals surface area contributed by atoms with Crippen LogP contribution in [-0.2, 0) is 29.2 Å². The lowest BCUT2D eigenvalue weighted by Crippen LogP contribution is -2.51. The molecule has 0 saturated heterocycles. The number of methoxy groups -OCH3 is 2. The van der Waals surface area contributed by atoms with Crippen molar-refractivity contribution in [3.63, 3.8) is 0 Å². The second-order valence-electron chi connectivity index (χ2n) is 9.62. The predicted octanol–water partition coefficient (Wildman–Crippen LogP) is 5.44. The molecule has 0 bridgehead atoms. The van der Waals surface area contributed by atoms with Crippen LogP contribution in [-0.4, -0.2) is 42.1 Å². The lowest BCUT2D eigenvalue weighted by Gasteiger charge is -2.37. The van der Waals surface area contributed by atoms with Gasteiger partial charge in [0.05, 0.1) is 14.2 Å². The number of rotatable bonds is 10. The molecular weight excluding hydrogens is 522 g/mol. The molecule has 0 aliphatic carbocycles. The molecule has 2 unspecified atom stereocenters. The Labute approximate surface area is 238 Å². The van der Waals surface area contributed by atoms with Gasteiger partial charge in [-0.25, -0.2) is 4.79 Å². The van der Waals surface area contributed by atoms with Gasteiger partial charge in [-0.05, 0) is 41.5 Å². The van der Waals surface area contributed by atoms with E-state index in [0.29, 0.717) is 40.7 Å². The molecule has 1 aliphatic heterocycles. The van der Waals surface area contributed by atoms with E-state index in [2.05, 4.69) is 0 Å². The molecule has 1 heterocycles. The number of carboxylic acid groups (broad SMARTS) is 1. The van der Waals surface area contributed by atoms with Gasteiger partial charge in [0.2, 0.25) is 6.10 Å².